The molecule has 0 atom stereocenters. The van der Waals surface area contributed by atoms with Crippen LogP contribution in [0.25, 0.3) is 0 Å². The predicted octanol–water partition coefficient (Wildman–Crippen LogP) is 6.48. The van der Waals surface area contributed by atoms with Crippen LogP contribution in [0.3, 0.4) is 0 Å². The summed E-state index contributed by atoms with van der Waals surface area (Å²) in [6.07, 6.45) is 4.76. The molecule has 1 heterocycles. The number of halogens is 3. The molecule has 5 rings (SSSR count). The topological polar surface area (TPSA) is 57.1 Å². The van der Waals surface area contributed by atoms with Gasteiger partial charge in [-0.05, 0) is 42.5 Å². The summed E-state index contributed by atoms with van der Waals surface area (Å²) in [5, 5.41) is 15.6. The van der Waals surface area contributed by atoms with E-state index in [4.69, 9.17) is 10.00 Å². The van der Waals surface area contributed by atoms with E-state index in [1.807, 2.05) is 30.3 Å². The van der Waals surface area contributed by atoms with Crippen molar-refractivity contribution in [2.75, 3.05) is 17.2 Å². The van der Waals surface area contributed by atoms with E-state index in [9.17, 15) is 13.2 Å². The summed E-state index contributed by atoms with van der Waals surface area (Å²) in [5.41, 5.74) is 0.892. The lowest BCUT2D eigenvalue weighted by molar-refractivity contribution is 0.247. The van der Waals surface area contributed by atoms with Crippen LogP contribution < -0.4 is 15.4 Å². The summed E-state index contributed by atoms with van der Waals surface area (Å²) in [6, 6.07) is 15.9. The molecule has 2 N–H and O–H groups in total. The van der Waals surface area contributed by atoms with Gasteiger partial charge in [0.05, 0.1) is 29.6 Å². The molecule has 0 unspecified atom stereocenters. The van der Waals surface area contributed by atoms with Gasteiger partial charge in [-0.15, -0.1) is 0 Å². The Morgan fingerprint density at radius 2 is 1.59 bits per heavy atom. The zero-order valence-corrected chi connectivity index (χ0v) is 18.5. The molecule has 174 valence electrons. The third kappa shape index (κ3) is 4.16. The molecular weight excluding hydrogens is 439 g/mol. The van der Waals surface area contributed by atoms with Crippen molar-refractivity contribution in [3.8, 4) is 11.8 Å². The van der Waals surface area contributed by atoms with Crippen molar-refractivity contribution < 1.29 is 17.9 Å². The van der Waals surface area contributed by atoms with E-state index in [0.717, 1.165) is 25.0 Å². The molecule has 1 aliphatic heterocycles. The Kier molecular flexibility index (Phi) is 5.82. The van der Waals surface area contributed by atoms with E-state index in [1.165, 1.54) is 18.9 Å². The number of rotatable bonds is 6. The Labute approximate surface area is 196 Å². The summed E-state index contributed by atoms with van der Waals surface area (Å²) in [7, 11) is 0. The molecule has 7 heteroatoms. The molecule has 0 aromatic heterocycles. The molecule has 3 aromatic carbocycles. The summed E-state index contributed by atoms with van der Waals surface area (Å²) >= 11 is 0. The van der Waals surface area contributed by atoms with Crippen molar-refractivity contribution >= 4 is 11.4 Å². The van der Waals surface area contributed by atoms with Crippen molar-refractivity contribution in [2.45, 2.75) is 37.8 Å². The summed E-state index contributed by atoms with van der Waals surface area (Å²) in [5.74, 6) is -1.36. The van der Waals surface area contributed by atoms with Crippen LogP contribution in [-0.2, 0) is 12.1 Å². The second-order valence-corrected chi connectivity index (χ2v) is 9.02. The van der Waals surface area contributed by atoms with Crippen LogP contribution in [0.1, 0.15) is 42.4 Å². The van der Waals surface area contributed by atoms with Gasteiger partial charge in [-0.3, -0.25) is 0 Å². The highest BCUT2D eigenvalue weighted by atomic mass is 19.2. The maximum Gasteiger partial charge on any atom is 0.161 e. The molecule has 0 amide bonds. The van der Waals surface area contributed by atoms with Crippen molar-refractivity contribution in [1.29, 1.82) is 5.26 Å². The molecule has 1 fully saturated rings. The van der Waals surface area contributed by atoms with Crippen molar-refractivity contribution in [3.05, 3.63) is 88.7 Å². The van der Waals surface area contributed by atoms with Gasteiger partial charge in [-0.2, -0.15) is 5.26 Å². The standard InChI is InChI=1S/C27H24F3N3O/c28-21-11-18(15-31)9-10-19(21)14-27(32-24-12-22(29)23(30)13-25(24)33-27)20-7-3-4-8-26(20)34-16-17-5-1-2-6-17/h3-4,7-13,17,32-33H,1-2,5-6,14,16H2. The average molecular weight is 464 g/mol. The first-order valence-corrected chi connectivity index (χ1v) is 11.4. The van der Waals surface area contributed by atoms with Crippen LogP contribution in [0.5, 0.6) is 5.75 Å². The maximum absolute atomic E-state index is 14.9. The number of nitrogens with zero attached hydrogens (tertiary/aromatic N) is 1. The highest BCUT2D eigenvalue weighted by Gasteiger charge is 2.41. The van der Waals surface area contributed by atoms with Gasteiger partial charge in [-0.25, -0.2) is 13.2 Å². The summed E-state index contributed by atoms with van der Waals surface area (Å²) in [4.78, 5) is 0. The fourth-order valence-corrected chi connectivity index (χ4v) is 4.94. The van der Waals surface area contributed by atoms with E-state index in [1.54, 1.807) is 12.1 Å². The number of para-hydroxylation sites is 1. The molecule has 0 spiro atoms. The van der Waals surface area contributed by atoms with E-state index in [0.29, 0.717) is 40.8 Å². The predicted molar refractivity (Wildman–Crippen MR) is 124 cm³/mol. The number of anilines is 2. The highest BCUT2D eigenvalue weighted by molar-refractivity contribution is 5.78. The van der Waals surface area contributed by atoms with E-state index < -0.39 is 23.1 Å². The number of ether oxygens (including phenoxy) is 1. The fourth-order valence-electron chi connectivity index (χ4n) is 4.94. The number of nitrogens with one attached hydrogen (secondary N) is 2. The first kappa shape index (κ1) is 22.1. The molecule has 0 saturated heterocycles. The quantitative estimate of drug-likeness (QED) is 0.439. The first-order chi connectivity index (χ1) is 16.5. The zero-order valence-electron chi connectivity index (χ0n) is 18.5. The van der Waals surface area contributed by atoms with Crippen LogP contribution in [0.2, 0.25) is 0 Å². The number of fused-ring (bicyclic) bond motifs is 1. The minimum atomic E-state index is -1.12. The summed E-state index contributed by atoms with van der Waals surface area (Å²) < 4.78 is 49.2. The van der Waals surface area contributed by atoms with Gasteiger partial charge in [0.15, 0.2) is 11.6 Å². The molecule has 1 saturated carbocycles. The lowest BCUT2D eigenvalue weighted by Crippen LogP contribution is -2.41. The molecule has 1 aliphatic carbocycles. The Morgan fingerprint density at radius 3 is 2.24 bits per heavy atom. The third-order valence-electron chi connectivity index (χ3n) is 6.69. The molecule has 4 nitrogen and oxygen atoms in total. The Balaban J connectivity index is 1.55. The van der Waals surface area contributed by atoms with Crippen molar-refractivity contribution in [1.82, 2.24) is 0 Å². The molecule has 0 bridgehead atoms. The molecule has 3 aromatic rings. The Morgan fingerprint density at radius 1 is 0.912 bits per heavy atom. The minimum absolute atomic E-state index is 0.103. The molecular formula is C27H24F3N3O. The van der Waals surface area contributed by atoms with Crippen LogP contribution in [0.15, 0.2) is 54.6 Å². The Hall–Kier alpha value is -3.66. The summed E-state index contributed by atoms with van der Waals surface area (Å²) in [6.45, 7) is 0.578. The zero-order chi connectivity index (χ0) is 23.7. The lowest BCUT2D eigenvalue weighted by atomic mass is 9.90. The third-order valence-corrected chi connectivity index (χ3v) is 6.69. The fraction of sp³-hybridized carbons (Fsp3) is 0.296. The maximum atomic E-state index is 14.9. The molecule has 34 heavy (non-hydrogen) atoms. The molecule has 0 radical (unpaired) electrons. The number of hydrogen-bond donors (Lipinski definition) is 2. The lowest BCUT2D eigenvalue weighted by Gasteiger charge is -2.33. The van der Waals surface area contributed by atoms with Gasteiger partial charge in [0, 0.05) is 24.1 Å². The van der Waals surface area contributed by atoms with E-state index in [-0.39, 0.29) is 12.0 Å². The van der Waals surface area contributed by atoms with Gasteiger partial charge >= 0.3 is 0 Å². The van der Waals surface area contributed by atoms with Crippen LogP contribution in [-0.4, -0.2) is 6.61 Å². The van der Waals surface area contributed by atoms with Crippen molar-refractivity contribution in [3.63, 3.8) is 0 Å². The van der Waals surface area contributed by atoms with Gasteiger partial charge in [0.2, 0.25) is 0 Å². The van der Waals surface area contributed by atoms with E-state index in [2.05, 4.69) is 10.6 Å². The number of hydrogen-bond acceptors (Lipinski definition) is 4. The smallest absolute Gasteiger partial charge is 0.161 e. The second kappa shape index (κ2) is 8.94. The SMILES string of the molecule is N#Cc1ccc(CC2(c3ccccc3OCC3CCCC3)Nc3cc(F)c(F)cc3N2)c(F)c1. The largest absolute Gasteiger partial charge is 0.493 e. The van der Waals surface area contributed by atoms with Crippen molar-refractivity contribution in [2.24, 2.45) is 5.92 Å². The van der Waals surface area contributed by atoms with Gasteiger partial charge < -0.3 is 15.4 Å². The highest BCUT2D eigenvalue weighted by Crippen LogP contribution is 2.45. The van der Waals surface area contributed by atoms with Gasteiger partial charge in [-0.1, -0.05) is 37.1 Å². The normalized spacial score (nSPS) is 16.4. The van der Waals surface area contributed by atoms with Gasteiger partial charge in [0.25, 0.3) is 0 Å². The number of nitriles is 1. The first-order valence-electron chi connectivity index (χ1n) is 11.4. The minimum Gasteiger partial charge on any atom is -0.493 e. The average Bonchev–Trinajstić information content (AvgIpc) is 3.48. The van der Waals surface area contributed by atoms with E-state index >= 15 is 0 Å². The Bertz CT molecular complexity index is 1230. The monoisotopic (exact) mass is 463 g/mol. The second-order valence-electron chi connectivity index (χ2n) is 9.02. The molecule has 2 aliphatic rings. The van der Waals surface area contributed by atoms with Gasteiger partial charge in [0.1, 0.15) is 17.2 Å². The van der Waals surface area contributed by atoms with Crippen LogP contribution in [0.4, 0.5) is 24.5 Å². The van der Waals surface area contributed by atoms with Crippen LogP contribution in [0, 0.1) is 34.7 Å². The number of benzene rings is 3. The van der Waals surface area contributed by atoms with Crippen LogP contribution >= 0.6 is 0 Å².